The standard InChI is InChI=1S/C17H27BrN2O2/c1-4-11-20(13-17(21)19-10-7-12-22-3)14(2)15-8-5-6-9-16(15)18/h5-6,8-9,14H,4,7,10-13H2,1-3H3,(H,19,21). The molecule has 0 heterocycles. The summed E-state index contributed by atoms with van der Waals surface area (Å²) in [5, 5.41) is 2.95. The molecule has 1 N–H and O–H groups in total. The molecule has 124 valence electrons. The topological polar surface area (TPSA) is 41.6 Å². The van der Waals surface area contributed by atoms with Crippen LogP contribution in [-0.4, -0.2) is 44.2 Å². The maximum atomic E-state index is 12.1. The number of benzene rings is 1. The van der Waals surface area contributed by atoms with Gasteiger partial charge in [-0.05, 0) is 37.9 Å². The lowest BCUT2D eigenvalue weighted by Gasteiger charge is -2.29. The molecule has 1 atom stereocenters. The van der Waals surface area contributed by atoms with Gasteiger partial charge in [0, 0.05) is 30.8 Å². The Kier molecular flexibility index (Phi) is 9.36. The molecule has 5 heteroatoms. The normalized spacial score (nSPS) is 12.4. The number of methoxy groups -OCH3 is 1. The summed E-state index contributed by atoms with van der Waals surface area (Å²) in [5.74, 6) is 0.0726. The van der Waals surface area contributed by atoms with E-state index < -0.39 is 0 Å². The smallest absolute Gasteiger partial charge is 0.234 e. The fourth-order valence-corrected chi connectivity index (χ4v) is 3.01. The van der Waals surface area contributed by atoms with Crippen molar-refractivity contribution in [3.8, 4) is 0 Å². The van der Waals surface area contributed by atoms with Gasteiger partial charge in [0.15, 0.2) is 0 Å². The summed E-state index contributed by atoms with van der Waals surface area (Å²) in [5.41, 5.74) is 1.21. The highest BCUT2D eigenvalue weighted by molar-refractivity contribution is 9.10. The third-order valence-corrected chi connectivity index (χ3v) is 4.33. The zero-order valence-corrected chi connectivity index (χ0v) is 15.4. The van der Waals surface area contributed by atoms with Crippen LogP contribution in [0, 0.1) is 0 Å². The second-order valence-corrected chi connectivity index (χ2v) is 6.22. The first kappa shape index (κ1) is 19.1. The predicted molar refractivity (Wildman–Crippen MR) is 93.9 cm³/mol. The van der Waals surface area contributed by atoms with Gasteiger partial charge in [-0.3, -0.25) is 9.69 Å². The number of nitrogens with one attached hydrogen (secondary N) is 1. The van der Waals surface area contributed by atoms with Gasteiger partial charge in [0.1, 0.15) is 0 Å². The summed E-state index contributed by atoms with van der Waals surface area (Å²) >= 11 is 3.60. The maximum Gasteiger partial charge on any atom is 0.234 e. The second-order valence-electron chi connectivity index (χ2n) is 5.36. The summed E-state index contributed by atoms with van der Waals surface area (Å²) in [6.45, 7) is 6.93. The summed E-state index contributed by atoms with van der Waals surface area (Å²) < 4.78 is 6.07. The number of ether oxygens (including phenoxy) is 1. The van der Waals surface area contributed by atoms with E-state index in [0.717, 1.165) is 23.9 Å². The SMILES string of the molecule is CCCN(CC(=O)NCCCOC)C(C)c1ccccc1Br. The molecule has 0 radical (unpaired) electrons. The number of amides is 1. The third-order valence-electron chi connectivity index (χ3n) is 3.61. The Bertz CT molecular complexity index is 454. The van der Waals surface area contributed by atoms with Gasteiger partial charge in [-0.1, -0.05) is 41.1 Å². The summed E-state index contributed by atoms with van der Waals surface area (Å²) in [7, 11) is 1.67. The van der Waals surface area contributed by atoms with E-state index in [4.69, 9.17) is 4.74 Å². The van der Waals surface area contributed by atoms with Crippen molar-refractivity contribution in [3.05, 3.63) is 34.3 Å². The molecule has 4 nitrogen and oxygen atoms in total. The number of hydrogen-bond donors (Lipinski definition) is 1. The average Bonchev–Trinajstić information content (AvgIpc) is 2.51. The van der Waals surface area contributed by atoms with Gasteiger partial charge in [-0.2, -0.15) is 0 Å². The quantitative estimate of drug-likeness (QED) is 0.641. The van der Waals surface area contributed by atoms with Crippen LogP contribution in [0.4, 0.5) is 0 Å². The molecule has 1 aromatic rings. The van der Waals surface area contributed by atoms with Crippen LogP contribution in [0.15, 0.2) is 28.7 Å². The monoisotopic (exact) mass is 370 g/mol. The van der Waals surface area contributed by atoms with Crippen LogP contribution in [-0.2, 0) is 9.53 Å². The Labute approximate surface area is 142 Å². The van der Waals surface area contributed by atoms with Crippen molar-refractivity contribution >= 4 is 21.8 Å². The van der Waals surface area contributed by atoms with Crippen molar-refractivity contribution < 1.29 is 9.53 Å². The van der Waals surface area contributed by atoms with Gasteiger partial charge in [0.2, 0.25) is 5.91 Å². The summed E-state index contributed by atoms with van der Waals surface area (Å²) in [6.07, 6.45) is 1.86. The molecule has 1 unspecified atom stereocenters. The lowest BCUT2D eigenvalue weighted by molar-refractivity contribution is -0.122. The molecule has 0 aliphatic carbocycles. The Balaban J connectivity index is 2.61. The van der Waals surface area contributed by atoms with Gasteiger partial charge < -0.3 is 10.1 Å². The van der Waals surface area contributed by atoms with Gasteiger partial charge in [-0.25, -0.2) is 0 Å². The first-order valence-electron chi connectivity index (χ1n) is 7.84. The van der Waals surface area contributed by atoms with Crippen LogP contribution in [0.3, 0.4) is 0 Å². The molecule has 0 aliphatic rings. The molecular formula is C17H27BrN2O2. The Hall–Kier alpha value is -0.910. The highest BCUT2D eigenvalue weighted by atomic mass is 79.9. The molecule has 0 fully saturated rings. The van der Waals surface area contributed by atoms with Crippen molar-refractivity contribution in [1.82, 2.24) is 10.2 Å². The van der Waals surface area contributed by atoms with Gasteiger partial charge >= 0.3 is 0 Å². The molecule has 0 aromatic heterocycles. The predicted octanol–water partition coefficient (Wildman–Crippen LogP) is 3.37. The number of nitrogens with zero attached hydrogens (tertiary/aromatic N) is 1. The molecule has 1 amide bonds. The molecular weight excluding hydrogens is 344 g/mol. The van der Waals surface area contributed by atoms with Crippen molar-refractivity contribution in [1.29, 1.82) is 0 Å². The second kappa shape index (κ2) is 10.8. The van der Waals surface area contributed by atoms with Crippen LogP contribution in [0.5, 0.6) is 0 Å². The maximum absolute atomic E-state index is 12.1. The third kappa shape index (κ3) is 6.46. The number of rotatable bonds is 10. The lowest BCUT2D eigenvalue weighted by Crippen LogP contribution is -2.39. The lowest BCUT2D eigenvalue weighted by atomic mass is 10.1. The van der Waals surface area contributed by atoms with E-state index in [1.165, 1.54) is 5.56 Å². The van der Waals surface area contributed by atoms with Crippen LogP contribution in [0.1, 0.15) is 38.3 Å². The minimum absolute atomic E-state index is 0.0726. The van der Waals surface area contributed by atoms with Crippen LogP contribution < -0.4 is 5.32 Å². The highest BCUT2D eigenvalue weighted by Crippen LogP contribution is 2.27. The zero-order chi connectivity index (χ0) is 16.4. The number of halogens is 1. The van der Waals surface area contributed by atoms with E-state index in [2.05, 4.69) is 46.1 Å². The van der Waals surface area contributed by atoms with Gasteiger partial charge in [0.05, 0.1) is 6.54 Å². The molecule has 1 aromatic carbocycles. The van der Waals surface area contributed by atoms with E-state index >= 15 is 0 Å². The van der Waals surface area contributed by atoms with Crippen molar-refractivity contribution in [3.63, 3.8) is 0 Å². The fourth-order valence-electron chi connectivity index (χ4n) is 2.39. The van der Waals surface area contributed by atoms with E-state index in [0.29, 0.717) is 19.7 Å². The molecule has 1 rings (SSSR count). The Morgan fingerprint density at radius 1 is 1.41 bits per heavy atom. The van der Waals surface area contributed by atoms with Gasteiger partial charge in [-0.15, -0.1) is 0 Å². The highest BCUT2D eigenvalue weighted by Gasteiger charge is 2.19. The van der Waals surface area contributed by atoms with Crippen molar-refractivity contribution in [2.45, 2.75) is 32.7 Å². The minimum atomic E-state index is 0.0726. The molecule has 22 heavy (non-hydrogen) atoms. The van der Waals surface area contributed by atoms with E-state index in [1.54, 1.807) is 7.11 Å². The van der Waals surface area contributed by atoms with E-state index in [-0.39, 0.29) is 11.9 Å². The first-order valence-corrected chi connectivity index (χ1v) is 8.63. The largest absolute Gasteiger partial charge is 0.385 e. The fraction of sp³-hybridized carbons (Fsp3) is 0.588. The number of carbonyl (C=O) groups is 1. The minimum Gasteiger partial charge on any atom is -0.385 e. The number of carbonyl (C=O) groups excluding carboxylic acids is 1. The van der Waals surface area contributed by atoms with E-state index in [9.17, 15) is 4.79 Å². The Morgan fingerprint density at radius 3 is 2.77 bits per heavy atom. The molecule has 0 saturated carbocycles. The van der Waals surface area contributed by atoms with Crippen LogP contribution in [0.25, 0.3) is 0 Å². The van der Waals surface area contributed by atoms with E-state index in [1.807, 2.05) is 18.2 Å². The zero-order valence-electron chi connectivity index (χ0n) is 13.8. The van der Waals surface area contributed by atoms with Gasteiger partial charge in [0.25, 0.3) is 0 Å². The van der Waals surface area contributed by atoms with Crippen LogP contribution in [0.2, 0.25) is 0 Å². The number of hydrogen-bond acceptors (Lipinski definition) is 3. The van der Waals surface area contributed by atoms with Crippen LogP contribution >= 0.6 is 15.9 Å². The van der Waals surface area contributed by atoms with Crippen molar-refractivity contribution in [2.75, 3.05) is 33.4 Å². The Morgan fingerprint density at radius 2 is 2.14 bits per heavy atom. The average molecular weight is 371 g/mol. The first-order chi connectivity index (χ1) is 10.6. The van der Waals surface area contributed by atoms with Crippen molar-refractivity contribution in [2.24, 2.45) is 0 Å². The summed E-state index contributed by atoms with van der Waals surface area (Å²) in [6, 6.07) is 8.38. The molecule has 0 aliphatic heterocycles. The molecule has 0 spiro atoms. The molecule has 0 bridgehead atoms. The summed E-state index contributed by atoms with van der Waals surface area (Å²) in [4.78, 5) is 14.3. The molecule has 0 saturated heterocycles.